The van der Waals surface area contributed by atoms with Gasteiger partial charge in [0.2, 0.25) is 0 Å². The molecule has 0 saturated carbocycles. The van der Waals surface area contributed by atoms with Crippen LogP contribution in [0.2, 0.25) is 0 Å². The topological polar surface area (TPSA) is 55.4 Å². The monoisotopic (exact) mass is 351 g/mol. The second-order valence-electron chi connectivity index (χ2n) is 7.06. The molecule has 0 saturated heterocycles. The third kappa shape index (κ3) is 3.96. The van der Waals surface area contributed by atoms with Gasteiger partial charge < -0.3 is 10.1 Å². The SMILES string of the molecule is Cc1cc(C)c(C(=O)OCC(=O)N[C@@H]2CCCc3ccccc32)c(C)c1. The van der Waals surface area contributed by atoms with Crippen molar-refractivity contribution >= 4 is 11.9 Å². The van der Waals surface area contributed by atoms with Crippen molar-refractivity contribution in [1.29, 1.82) is 0 Å². The number of carbonyl (C=O) groups excluding carboxylic acids is 2. The van der Waals surface area contributed by atoms with Gasteiger partial charge in [-0.3, -0.25) is 4.79 Å². The number of hydrogen-bond acceptors (Lipinski definition) is 3. The Kier molecular flexibility index (Phi) is 5.40. The zero-order valence-corrected chi connectivity index (χ0v) is 15.6. The van der Waals surface area contributed by atoms with Crippen molar-refractivity contribution in [3.8, 4) is 0 Å². The van der Waals surface area contributed by atoms with E-state index in [4.69, 9.17) is 4.74 Å². The van der Waals surface area contributed by atoms with Gasteiger partial charge in [-0.25, -0.2) is 4.79 Å². The number of esters is 1. The molecule has 4 nitrogen and oxygen atoms in total. The Bertz CT molecular complexity index is 818. The molecule has 2 aromatic rings. The lowest BCUT2D eigenvalue weighted by Gasteiger charge is -2.26. The van der Waals surface area contributed by atoms with Crippen molar-refractivity contribution in [2.45, 2.75) is 46.1 Å². The number of nitrogens with one attached hydrogen (secondary N) is 1. The molecule has 0 fully saturated rings. The minimum atomic E-state index is -0.445. The van der Waals surface area contributed by atoms with E-state index < -0.39 is 5.97 Å². The van der Waals surface area contributed by atoms with Crippen LogP contribution in [-0.4, -0.2) is 18.5 Å². The lowest BCUT2D eigenvalue weighted by molar-refractivity contribution is -0.125. The summed E-state index contributed by atoms with van der Waals surface area (Å²) < 4.78 is 5.27. The molecule has 0 bridgehead atoms. The van der Waals surface area contributed by atoms with Gasteiger partial charge in [0, 0.05) is 0 Å². The molecule has 0 aliphatic heterocycles. The minimum Gasteiger partial charge on any atom is -0.452 e. The molecule has 0 aromatic heterocycles. The summed E-state index contributed by atoms with van der Waals surface area (Å²) in [5.74, 6) is -0.707. The fraction of sp³-hybridized carbons (Fsp3) is 0.364. The molecule has 1 aliphatic rings. The number of benzene rings is 2. The first kappa shape index (κ1) is 18.2. The number of rotatable bonds is 4. The highest BCUT2D eigenvalue weighted by molar-refractivity contribution is 5.94. The van der Waals surface area contributed by atoms with Crippen LogP contribution in [0, 0.1) is 20.8 Å². The fourth-order valence-corrected chi connectivity index (χ4v) is 3.85. The van der Waals surface area contributed by atoms with E-state index >= 15 is 0 Å². The van der Waals surface area contributed by atoms with Gasteiger partial charge in [-0.15, -0.1) is 0 Å². The Morgan fingerprint density at radius 3 is 2.54 bits per heavy atom. The van der Waals surface area contributed by atoms with Crippen LogP contribution in [-0.2, 0) is 16.0 Å². The molecule has 1 aliphatic carbocycles. The molecule has 4 heteroatoms. The molecule has 2 aromatic carbocycles. The second-order valence-corrected chi connectivity index (χ2v) is 7.06. The molecule has 26 heavy (non-hydrogen) atoms. The van der Waals surface area contributed by atoms with Crippen molar-refractivity contribution in [3.63, 3.8) is 0 Å². The highest BCUT2D eigenvalue weighted by Crippen LogP contribution is 2.29. The van der Waals surface area contributed by atoms with E-state index in [2.05, 4.69) is 17.4 Å². The van der Waals surface area contributed by atoms with Crippen LogP contribution in [0.5, 0.6) is 0 Å². The number of hydrogen-bond donors (Lipinski definition) is 1. The van der Waals surface area contributed by atoms with Crippen LogP contribution in [0.15, 0.2) is 36.4 Å². The van der Waals surface area contributed by atoms with Crippen molar-refractivity contribution in [3.05, 3.63) is 69.8 Å². The van der Waals surface area contributed by atoms with Gasteiger partial charge in [0.1, 0.15) is 0 Å². The number of carbonyl (C=O) groups is 2. The number of ether oxygens (including phenoxy) is 1. The van der Waals surface area contributed by atoms with Crippen molar-refractivity contribution in [1.82, 2.24) is 5.32 Å². The summed E-state index contributed by atoms with van der Waals surface area (Å²) in [7, 11) is 0. The summed E-state index contributed by atoms with van der Waals surface area (Å²) in [4.78, 5) is 24.7. The van der Waals surface area contributed by atoms with Crippen molar-refractivity contribution < 1.29 is 14.3 Å². The highest BCUT2D eigenvalue weighted by Gasteiger charge is 2.22. The maximum Gasteiger partial charge on any atom is 0.339 e. The second kappa shape index (κ2) is 7.73. The lowest BCUT2D eigenvalue weighted by Crippen LogP contribution is -2.34. The Morgan fingerprint density at radius 2 is 1.81 bits per heavy atom. The zero-order valence-electron chi connectivity index (χ0n) is 15.6. The van der Waals surface area contributed by atoms with Gasteiger partial charge in [0.25, 0.3) is 5.91 Å². The maximum atomic E-state index is 12.4. The predicted octanol–water partition coefficient (Wildman–Crippen LogP) is 3.96. The molecule has 1 N–H and O–H groups in total. The van der Waals surface area contributed by atoms with Crippen molar-refractivity contribution in [2.24, 2.45) is 0 Å². The van der Waals surface area contributed by atoms with Crippen LogP contribution >= 0.6 is 0 Å². The van der Waals surface area contributed by atoms with E-state index in [0.29, 0.717) is 5.56 Å². The van der Waals surface area contributed by atoms with Gasteiger partial charge in [0.05, 0.1) is 11.6 Å². The van der Waals surface area contributed by atoms with Gasteiger partial charge in [-0.2, -0.15) is 0 Å². The van der Waals surface area contributed by atoms with Crippen LogP contribution in [0.25, 0.3) is 0 Å². The van der Waals surface area contributed by atoms with Crippen LogP contribution in [0.1, 0.15) is 57.1 Å². The third-order valence-corrected chi connectivity index (χ3v) is 4.92. The first-order valence-electron chi connectivity index (χ1n) is 9.08. The molecule has 1 atom stereocenters. The zero-order chi connectivity index (χ0) is 18.7. The van der Waals surface area contributed by atoms with Gasteiger partial charge in [0.15, 0.2) is 6.61 Å². The van der Waals surface area contributed by atoms with E-state index in [1.807, 2.05) is 45.0 Å². The summed E-state index contributed by atoms with van der Waals surface area (Å²) in [6, 6.07) is 12.1. The summed E-state index contributed by atoms with van der Waals surface area (Å²) >= 11 is 0. The Morgan fingerprint density at radius 1 is 1.12 bits per heavy atom. The van der Waals surface area contributed by atoms with Crippen molar-refractivity contribution in [2.75, 3.05) is 6.61 Å². The predicted molar refractivity (Wildman–Crippen MR) is 101 cm³/mol. The first-order valence-corrected chi connectivity index (χ1v) is 9.08. The molecule has 0 unspecified atom stereocenters. The molecule has 1 amide bonds. The smallest absolute Gasteiger partial charge is 0.339 e. The highest BCUT2D eigenvalue weighted by atomic mass is 16.5. The van der Waals surface area contributed by atoms with Gasteiger partial charge >= 0.3 is 5.97 Å². The molecule has 0 spiro atoms. The average Bonchev–Trinajstić information content (AvgIpc) is 2.59. The summed E-state index contributed by atoms with van der Waals surface area (Å²) in [5.41, 5.74) is 5.84. The molecule has 0 radical (unpaired) electrons. The molecule has 3 rings (SSSR count). The first-order chi connectivity index (χ1) is 12.5. The summed E-state index contributed by atoms with van der Waals surface area (Å²) in [5, 5.41) is 3.00. The van der Waals surface area contributed by atoms with Gasteiger partial charge in [-0.05, 0) is 62.3 Å². The average molecular weight is 351 g/mol. The van der Waals surface area contributed by atoms with Crippen LogP contribution < -0.4 is 5.32 Å². The Balaban J connectivity index is 1.61. The minimum absolute atomic E-state index is 0.00556. The third-order valence-electron chi connectivity index (χ3n) is 4.92. The standard InChI is InChI=1S/C22H25NO3/c1-14-11-15(2)21(16(3)12-14)22(25)26-13-20(24)23-19-10-6-8-17-7-4-5-9-18(17)19/h4-5,7,9,11-12,19H,6,8,10,13H2,1-3H3,(H,23,24)/t19-/m1/s1. The fourth-order valence-electron chi connectivity index (χ4n) is 3.85. The van der Waals surface area contributed by atoms with Crippen LogP contribution in [0.4, 0.5) is 0 Å². The van der Waals surface area contributed by atoms with E-state index in [-0.39, 0.29) is 18.6 Å². The van der Waals surface area contributed by atoms with E-state index in [1.165, 1.54) is 11.1 Å². The largest absolute Gasteiger partial charge is 0.452 e. The van der Waals surface area contributed by atoms with Crippen LogP contribution in [0.3, 0.4) is 0 Å². The lowest BCUT2D eigenvalue weighted by atomic mass is 9.88. The Hall–Kier alpha value is -2.62. The van der Waals surface area contributed by atoms with E-state index in [9.17, 15) is 9.59 Å². The van der Waals surface area contributed by atoms with E-state index in [0.717, 1.165) is 36.0 Å². The summed E-state index contributed by atoms with van der Waals surface area (Å²) in [6.07, 6.45) is 3.00. The Labute approximate surface area is 154 Å². The molecule has 136 valence electrons. The summed E-state index contributed by atoms with van der Waals surface area (Å²) in [6.45, 7) is 5.50. The van der Waals surface area contributed by atoms with Gasteiger partial charge in [-0.1, -0.05) is 42.0 Å². The number of aryl methyl sites for hydroxylation is 4. The number of fused-ring (bicyclic) bond motifs is 1. The normalized spacial score (nSPS) is 15.9. The van der Waals surface area contributed by atoms with E-state index in [1.54, 1.807) is 0 Å². The molecular formula is C22H25NO3. The maximum absolute atomic E-state index is 12.4. The molecular weight excluding hydrogens is 326 g/mol. The quantitative estimate of drug-likeness (QED) is 0.848. The number of amides is 1. The molecule has 0 heterocycles.